The molecule has 0 bridgehead atoms. The molecule has 3 nitrogen and oxygen atoms in total. The summed E-state index contributed by atoms with van der Waals surface area (Å²) in [5.41, 5.74) is 1.17. The molecule has 1 aromatic rings. The van der Waals surface area contributed by atoms with Gasteiger partial charge in [-0.15, -0.1) is 0 Å². The third-order valence-electron chi connectivity index (χ3n) is 4.17. The van der Waals surface area contributed by atoms with Gasteiger partial charge in [0.25, 0.3) is 0 Å². The molecule has 0 aliphatic rings. The van der Waals surface area contributed by atoms with Crippen LogP contribution in [0.3, 0.4) is 0 Å². The van der Waals surface area contributed by atoms with Gasteiger partial charge in [-0.3, -0.25) is 4.68 Å². The first-order valence-corrected chi connectivity index (χ1v) is 8.92. The lowest BCUT2D eigenvalue weighted by Crippen LogP contribution is -2.16. The lowest BCUT2D eigenvalue weighted by Gasteiger charge is -2.12. The van der Waals surface area contributed by atoms with E-state index in [1.807, 2.05) is 0 Å². The molecule has 0 saturated heterocycles. The summed E-state index contributed by atoms with van der Waals surface area (Å²) in [5.74, 6) is 0.855. The fourth-order valence-electron chi connectivity index (χ4n) is 2.71. The van der Waals surface area contributed by atoms with Gasteiger partial charge in [-0.05, 0) is 37.8 Å². The molecule has 0 aliphatic carbocycles. The van der Waals surface area contributed by atoms with Gasteiger partial charge >= 0.3 is 0 Å². The van der Waals surface area contributed by atoms with Gasteiger partial charge in [0.15, 0.2) is 0 Å². The quantitative estimate of drug-likeness (QED) is 0.553. The lowest BCUT2D eigenvalue weighted by atomic mass is 10.0. The second kappa shape index (κ2) is 10.8. The summed E-state index contributed by atoms with van der Waals surface area (Å²) in [5, 5.41) is 8.19. The molecule has 0 unspecified atom stereocenters. The van der Waals surface area contributed by atoms with Crippen LogP contribution in [-0.4, -0.2) is 16.3 Å². The zero-order chi connectivity index (χ0) is 15.5. The van der Waals surface area contributed by atoms with Gasteiger partial charge in [0, 0.05) is 12.7 Å². The molecule has 21 heavy (non-hydrogen) atoms. The Balaban J connectivity index is 2.08. The normalized spacial score (nSPS) is 11.7. The molecule has 1 aromatic heterocycles. The van der Waals surface area contributed by atoms with E-state index in [0.29, 0.717) is 6.04 Å². The Bertz CT molecular complexity index is 353. The standard InChI is InChI=1S/C18H35N3/c1-5-18(6-2)21-14-12-17(20-21)15-19-13-10-8-7-9-11-16(3)4/h12,14,16,18-19H,5-11,13,15H2,1-4H3. The average Bonchev–Trinajstić information content (AvgIpc) is 2.91. The first-order valence-electron chi connectivity index (χ1n) is 8.92. The minimum Gasteiger partial charge on any atom is -0.311 e. The molecule has 1 rings (SSSR count). The molecule has 0 aliphatic heterocycles. The van der Waals surface area contributed by atoms with Crippen molar-refractivity contribution in [3.05, 3.63) is 18.0 Å². The van der Waals surface area contributed by atoms with E-state index in [9.17, 15) is 0 Å². The molecule has 0 spiro atoms. The molecular weight excluding hydrogens is 258 g/mol. The summed E-state index contributed by atoms with van der Waals surface area (Å²) >= 11 is 0. The van der Waals surface area contributed by atoms with E-state index in [-0.39, 0.29) is 0 Å². The highest BCUT2D eigenvalue weighted by atomic mass is 15.3. The number of unbranched alkanes of at least 4 members (excludes halogenated alkanes) is 3. The van der Waals surface area contributed by atoms with Gasteiger partial charge in [-0.25, -0.2) is 0 Å². The van der Waals surface area contributed by atoms with Crippen LogP contribution in [0, 0.1) is 5.92 Å². The predicted molar refractivity (Wildman–Crippen MR) is 91.5 cm³/mol. The van der Waals surface area contributed by atoms with E-state index in [2.05, 4.69) is 55.1 Å². The van der Waals surface area contributed by atoms with Gasteiger partial charge in [-0.1, -0.05) is 53.4 Å². The molecule has 0 aromatic carbocycles. The van der Waals surface area contributed by atoms with Crippen LogP contribution in [0.15, 0.2) is 12.3 Å². The Labute approximate surface area is 131 Å². The van der Waals surface area contributed by atoms with Crippen LogP contribution in [0.25, 0.3) is 0 Å². The third-order valence-corrected chi connectivity index (χ3v) is 4.17. The van der Waals surface area contributed by atoms with Crippen molar-refractivity contribution in [3.8, 4) is 0 Å². The minimum atomic E-state index is 0.555. The highest BCUT2D eigenvalue weighted by Gasteiger charge is 2.07. The van der Waals surface area contributed by atoms with E-state index >= 15 is 0 Å². The fraction of sp³-hybridized carbons (Fsp3) is 0.833. The van der Waals surface area contributed by atoms with E-state index in [4.69, 9.17) is 0 Å². The molecule has 0 amide bonds. The molecule has 122 valence electrons. The van der Waals surface area contributed by atoms with Crippen LogP contribution >= 0.6 is 0 Å². The minimum absolute atomic E-state index is 0.555. The van der Waals surface area contributed by atoms with Crippen LogP contribution in [0.1, 0.15) is 84.4 Å². The summed E-state index contributed by atoms with van der Waals surface area (Å²) in [7, 11) is 0. The zero-order valence-corrected chi connectivity index (χ0v) is 14.6. The van der Waals surface area contributed by atoms with Crippen molar-refractivity contribution < 1.29 is 0 Å². The van der Waals surface area contributed by atoms with Crippen LogP contribution in [0.5, 0.6) is 0 Å². The molecule has 0 fully saturated rings. The number of hydrogen-bond acceptors (Lipinski definition) is 2. The monoisotopic (exact) mass is 293 g/mol. The first kappa shape index (κ1) is 18.2. The van der Waals surface area contributed by atoms with Crippen LogP contribution in [0.4, 0.5) is 0 Å². The Morgan fingerprint density at radius 1 is 1.10 bits per heavy atom. The molecule has 0 atom stereocenters. The van der Waals surface area contributed by atoms with Gasteiger partial charge < -0.3 is 5.32 Å². The van der Waals surface area contributed by atoms with E-state index in [1.165, 1.54) is 37.8 Å². The number of aromatic nitrogens is 2. The maximum absolute atomic E-state index is 4.67. The highest BCUT2D eigenvalue weighted by molar-refractivity contribution is 4.99. The topological polar surface area (TPSA) is 29.9 Å². The molecule has 0 saturated carbocycles. The molecule has 1 N–H and O–H groups in total. The maximum atomic E-state index is 4.67. The van der Waals surface area contributed by atoms with Gasteiger partial charge in [0.05, 0.1) is 11.7 Å². The van der Waals surface area contributed by atoms with Crippen molar-refractivity contribution in [2.45, 2.75) is 85.2 Å². The summed E-state index contributed by atoms with van der Waals surface area (Å²) in [6.07, 6.45) is 11.2. The second-order valence-electron chi connectivity index (χ2n) is 6.53. The Morgan fingerprint density at radius 2 is 1.81 bits per heavy atom. The number of hydrogen-bond donors (Lipinski definition) is 1. The first-order chi connectivity index (χ1) is 10.2. The molecular formula is C18H35N3. The van der Waals surface area contributed by atoms with Crippen molar-refractivity contribution in [2.75, 3.05) is 6.54 Å². The summed E-state index contributed by atoms with van der Waals surface area (Å²) in [6.45, 7) is 11.1. The van der Waals surface area contributed by atoms with Crippen LogP contribution in [0.2, 0.25) is 0 Å². The van der Waals surface area contributed by atoms with Gasteiger partial charge in [0.2, 0.25) is 0 Å². The van der Waals surface area contributed by atoms with E-state index in [0.717, 1.165) is 31.8 Å². The SMILES string of the molecule is CCC(CC)n1ccc(CNCCCCCCC(C)C)n1. The second-order valence-corrected chi connectivity index (χ2v) is 6.53. The number of nitrogens with one attached hydrogen (secondary N) is 1. The van der Waals surface area contributed by atoms with Gasteiger partial charge in [0.1, 0.15) is 0 Å². The smallest absolute Gasteiger partial charge is 0.0762 e. The van der Waals surface area contributed by atoms with Crippen LogP contribution in [-0.2, 0) is 6.54 Å². The number of rotatable bonds is 12. The van der Waals surface area contributed by atoms with Crippen molar-refractivity contribution in [2.24, 2.45) is 5.92 Å². The summed E-state index contributed by atoms with van der Waals surface area (Å²) < 4.78 is 2.13. The van der Waals surface area contributed by atoms with E-state index < -0.39 is 0 Å². The lowest BCUT2D eigenvalue weighted by molar-refractivity contribution is 0.424. The molecule has 0 radical (unpaired) electrons. The van der Waals surface area contributed by atoms with Crippen molar-refractivity contribution in [3.63, 3.8) is 0 Å². The Kier molecular flexibility index (Phi) is 9.40. The van der Waals surface area contributed by atoms with E-state index in [1.54, 1.807) is 0 Å². The average molecular weight is 293 g/mol. The fourth-order valence-corrected chi connectivity index (χ4v) is 2.71. The Morgan fingerprint density at radius 3 is 2.48 bits per heavy atom. The van der Waals surface area contributed by atoms with Crippen molar-refractivity contribution in [1.82, 2.24) is 15.1 Å². The maximum Gasteiger partial charge on any atom is 0.0762 e. The summed E-state index contributed by atoms with van der Waals surface area (Å²) in [4.78, 5) is 0. The third kappa shape index (κ3) is 7.66. The summed E-state index contributed by atoms with van der Waals surface area (Å²) in [6, 6.07) is 2.70. The van der Waals surface area contributed by atoms with Gasteiger partial charge in [-0.2, -0.15) is 5.10 Å². The highest BCUT2D eigenvalue weighted by Crippen LogP contribution is 2.14. The Hall–Kier alpha value is -0.830. The molecule has 1 heterocycles. The van der Waals surface area contributed by atoms with Crippen molar-refractivity contribution in [1.29, 1.82) is 0 Å². The largest absolute Gasteiger partial charge is 0.311 e. The van der Waals surface area contributed by atoms with Crippen LogP contribution < -0.4 is 5.32 Å². The number of nitrogens with zero attached hydrogens (tertiary/aromatic N) is 2. The predicted octanol–water partition coefficient (Wildman–Crippen LogP) is 4.94. The van der Waals surface area contributed by atoms with Crippen molar-refractivity contribution >= 4 is 0 Å². The zero-order valence-electron chi connectivity index (χ0n) is 14.6. The molecule has 3 heteroatoms.